The monoisotopic (exact) mass is 402 g/mol. The molecular weight excluding hydrogens is 380 g/mol. The Morgan fingerprint density at radius 2 is 1.83 bits per heavy atom. The molecule has 152 valence electrons. The van der Waals surface area contributed by atoms with Crippen LogP contribution in [0.5, 0.6) is 5.75 Å². The van der Waals surface area contributed by atoms with Crippen molar-refractivity contribution in [1.82, 2.24) is 4.98 Å². The molecule has 3 aromatic rings. The van der Waals surface area contributed by atoms with E-state index in [-0.39, 0.29) is 17.3 Å². The third-order valence-electron chi connectivity index (χ3n) is 5.41. The van der Waals surface area contributed by atoms with Crippen molar-refractivity contribution in [3.63, 3.8) is 0 Å². The van der Waals surface area contributed by atoms with Gasteiger partial charge in [-0.3, -0.25) is 14.4 Å². The van der Waals surface area contributed by atoms with E-state index >= 15 is 0 Å². The second kappa shape index (κ2) is 7.99. The number of ether oxygens (including phenoxy) is 1. The van der Waals surface area contributed by atoms with Gasteiger partial charge in [-0.25, -0.2) is 0 Å². The molecule has 1 aliphatic rings. The van der Waals surface area contributed by atoms with E-state index in [1.807, 2.05) is 49.4 Å². The highest BCUT2D eigenvalue weighted by atomic mass is 16.5. The number of pyridine rings is 1. The third kappa shape index (κ3) is 3.89. The number of rotatable bonds is 4. The first kappa shape index (κ1) is 19.6. The summed E-state index contributed by atoms with van der Waals surface area (Å²) in [6.45, 7) is 1.92. The molecule has 6 nitrogen and oxygen atoms in total. The standard InChI is InChI=1S/C24H22N2O4/c1-14-4-3-5-17(10-14)25-23(28)20-13-19-21(26-24(20)29)11-16(12-22(19)27)15-6-8-18(30-2)9-7-15/h3-10,13,16H,11-12H2,1-2H3,(H,25,28)(H,26,29)/t16-/m1/s1. The molecule has 0 fully saturated rings. The van der Waals surface area contributed by atoms with Crippen LogP contribution in [0, 0.1) is 6.92 Å². The molecule has 0 unspecified atom stereocenters. The van der Waals surface area contributed by atoms with Gasteiger partial charge in [-0.2, -0.15) is 0 Å². The lowest BCUT2D eigenvalue weighted by Gasteiger charge is -2.24. The van der Waals surface area contributed by atoms with E-state index in [0.717, 1.165) is 16.9 Å². The van der Waals surface area contributed by atoms with Crippen molar-refractivity contribution < 1.29 is 14.3 Å². The van der Waals surface area contributed by atoms with Crippen LogP contribution in [0.1, 0.15) is 49.9 Å². The van der Waals surface area contributed by atoms with Crippen molar-refractivity contribution in [1.29, 1.82) is 0 Å². The highest BCUT2D eigenvalue weighted by Gasteiger charge is 2.29. The zero-order chi connectivity index (χ0) is 21.3. The van der Waals surface area contributed by atoms with Gasteiger partial charge in [-0.05, 0) is 60.7 Å². The molecule has 2 aromatic carbocycles. The second-order valence-corrected chi connectivity index (χ2v) is 7.53. The Morgan fingerprint density at radius 1 is 1.07 bits per heavy atom. The maximum Gasteiger partial charge on any atom is 0.261 e. The molecule has 0 spiro atoms. The lowest BCUT2D eigenvalue weighted by atomic mass is 9.81. The maximum atomic E-state index is 12.8. The van der Waals surface area contributed by atoms with E-state index in [1.54, 1.807) is 13.2 Å². The molecule has 2 N–H and O–H groups in total. The molecule has 1 aliphatic carbocycles. The number of H-pyrrole nitrogens is 1. The Kier molecular flexibility index (Phi) is 5.23. The predicted molar refractivity (Wildman–Crippen MR) is 115 cm³/mol. The summed E-state index contributed by atoms with van der Waals surface area (Å²) in [6, 6.07) is 16.3. The number of carbonyl (C=O) groups excluding carboxylic acids is 2. The fraction of sp³-hybridized carbons (Fsp3) is 0.208. The summed E-state index contributed by atoms with van der Waals surface area (Å²) in [5, 5.41) is 2.72. The molecule has 1 heterocycles. The predicted octanol–water partition coefficient (Wildman–Crippen LogP) is 3.86. The van der Waals surface area contributed by atoms with Crippen LogP contribution in [-0.4, -0.2) is 23.8 Å². The lowest BCUT2D eigenvalue weighted by Crippen LogP contribution is -2.29. The molecule has 4 rings (SSSR count). The summed E-state index contributed by atoms with van der Waals surface area (Å²) < 4.78 is 5.18. The maximum absolute atomic E-state index is 12.8. The summed E-state index contributed by atoms with van der Waals surface area (Å²) >= 11 is 0. The molecule has 30 heavy (non-hydrogen) atoms. The van der Waals surface area contributed by atoms with Crippen LogP contribution in [0.15, 0.2) is 59.4 Å². The van der Waals surface area contributed by atoms with Gasteiger partial charge in [0.1, 0.15) is 11.3 Å². The van der Waals surface area contributed by atoms with E-state index < -0.39 is 11.5 Å². The second-order valence-electron chi connectivity index (χ2n) is 7.53. The van der Waals surface area contributed by atoms with Gasteiger partial charge >= 0.3 is 0 Å². The molecule has 0 bridgehead atoms. The number of methoxy groups -OCH3 is 1. The SMILES string of the molecule is COc1ccc([C@H]2CC(=O)c3cc(C(=O)Nc4cccc(C)c4)c(=O)[nH]c3C2)cc1. The van der Waals surface area contributed by atoms with Crippen molar-refractivity contribution >= 4 is 17.4 Å². The van der Waals surface area contributed by atoms with Gasteiger partial charge in [0, 0.05) is 23.4 Å². The van der Waals surface area contributed by atoms with Crippen LogP contribution in [0.25, 0.3) is 0 Å². The van der Waals surface area contributed by atoms with Crippen LogP contribution in [-0.2, 0) is 6.42 Å². The minimum atomic E-state index is -0.533. The highest BCUT2D eigenvalue weighted by Crippen LogP contribution is 2.32. The van der Waals surface area contributed by atoms with Gasteiger partial charge in [-0.15, -0.1) is 0 Å². The quantitative estimate of drug-likeness (QED) is 0.694. The molecule has 1 amide bonds. The van der Waals surface area contributed by atoms with Crippen molar-refractivity contribution in [2.45, 2.75) is 25.7 Å². The van der Waals surface area contributed by atoms with Crippen LogP contribution >= 0.6 is 0 Å². The molecule has 0 saturated heterocycles. The number of ketones is 1. The third-order valence-corrected chi connectivity index (χ3v) is 5.41. The first-order valence-corrected chi connectivity index (χ1v) is 9.76. The summed E-state index contributed by atoms with van der Waals surface area (Å²) in [5.41, 5.74) is 3.03. The number of benzene rings is 2. The Labute approximate surface area is 173 Å². The number of amides is 1. The van der Waals surface area contributed by atoms with Crippen molar-refractivity contribution in [3.8, 4) is 5.75 Å². The zero-order valence-corrected chi connectivity index (χ0v) is 16.8. The van der Waals surface area contributed by atoms with Crippen molar-refractivity contribution in [2.24, 2.45) is 0 Å². The van der Waals surface area contributed by atoms with Gasteiger partial charge in [0.05, 0.1) is 7.11 Å². The zero-order valence-electron chi connectivity index (χ0n) is 16.8. The average Bonchev–Trinajstić information content (AvgIpc) is 2.73. The van der Waals surface area contributed by atoms with Gasteiger partial charge in [0.15, 0.2) is 5.78 Å². The van der Waals surface area contributed by atoms with Crippen LogP contribution in [0.2, 0.25) is 0 Å². The lowest BCUT2D eigenvalue weighted by molar-refractivity contribution is 0.0963. The minimum Gasteiger partial charge on any atom is -0.497 e. The number of aromatic nitrogens is 1. The summed E-state index contributed by atoms with van der Waals surface area (Å²) in [7, 11) is 1.60. The topological polar surface area (TPSA) is 88.3 Å². The number of aromatic amines is 1. The van der Waals surface area contributed by atoms with Crippen molar-refractivity contribution in [2.75, 3.05) is 12.4 Å². The van der Waals surface area contributed by atoms with Gasteiger partial charge in [-0.1, -0.05) is 24.3 Å². The Bertz CT molecular complexity index is 1180. The molecule has 1 aromatic heterocycles. The number of Topliss-reactive ketones (excluding diaryl/α,β-unsaturated/α-hetero) is 1. The van der Waals surface area contributed by atoms with Crippen molar-refractivity contribution in [3.05, 3.63) is 92.9 Å². The first-order valence-electron chi connectivity index (χ1n) is 9.76. The number of carbonyl (C=O) groups is 2. The van der Waals surface area contributed by atoms with Gasteiger partial charge in [0.25, 0.3) is 11.5 Å². The fourth-order valence-electron chi connectivity index (χ4n) is 3.83. The molecular formula is C24H22N2O4. The summed E-state index contributed by atoms with van der Waals surface area (Å²) in [5.74, 6) is 0.102. The molecule has 0 saturated carbocycles. The van der Waals surface area contributed by atoms with Gasteiger partial charge < -0.3 is 15.0 Å². The van der Waals surface area contributed by atoms with Crippen LogP contribution in [0.4, 0.5) is 5.69 Å². The number of fused-ring (bicyclic) bond motifs is 1. The Morgan fingerprint density at radius 3 is 2.53 bits per heavy atom. The van der Waals surface area contributed by atoms with E-state index in [4.69, 9.17) is 4.74 Å². The van der Waals surface area contributed by atoms with E-state index in [9.17, 15) is 14.4 Å². The Balaban J connectivity index is 1.60. The summed E-state index contributed by atoms with van der Waals surface area (Å²) in [4.78, 5) is 40.8. The number of nitrogens with one attached hydrogen (secondary N) is 2. The number of hydrogen-bond donors (Lipinski definition) is 2. The van der Waals surface area contributed by atoms with E-state index in [0.29, 0.717) is 29.8 Å². The minimum absolute atomic E-state index is 0.0291. The van der Waals surface area contributed by atoms with E-state index in [1.165, 1.54) is 6.07 Å². The number of anilines is 1. The summed E-state index contributed by atoms with van der Waals surface area (Å²) in [6.07, 6.45) is 0.854. The fourth-order valence-corrected chi connectivity index (χ4v) is 3.83. The first-order chi connectivity index (χ1) is 14.4. The molecule has 1 atom stereocenters. The highest BCUT2D eigenvalue weighted by molar-refractivity contribution is 6.06. The number of hydrogen-bond acceptors (Lipinski definition) is 4. The molecule has 6 heteroatoms. The largest absolute Gasteiger partial charge is 0.497 e. The molecule has 0 aliphatic heterocycles. The molecule has 0 radical (unpaired) electrons. The Hall–Kier alpha value is -3.67. The van der Waals surface area contributed by atoms with Crippen LogP contribution < -0.4 is 15.6 Å². The van der Waals surface area contributed by atoms with E-state index in [2.05, 4.69) is 10.3 Å². The number of aryl methyl sites for hydroxylation is 1. The normalized spacial score (nSPS) is 15.4. The smallest absolute Gasteiger partial charge is 0.261 e. The average molecular weight is 402 g/mol. The van der Waals surface area contributed by atoms with Crippen LogP contribution in [0.3, 0.4) is 0 Å². The van der Waals surface area contributed by atoms with Gasteiger partial charge in [0.2, 0.25) is 0 Å².